The van der Waals surface area contributed by atoms with Gasteiger partial charge in [-0.1, -0.05) is 35.0 Å². The third-order valence-corrected chi connectivity index (χ3v) is 3.12. The number of likely N-dealkylation sites (N-methyl/N-ethyl adjacent to an activating group) is 1. The molecule has 100 valence electrons. The number of nitrogens with zero attached hydrogens (tertiary/aromatic N) is 1. The molecule has 1 aromatic rings. The van der Waals surface area contributed by atoms with Crippen LogP contribution in [-0.2, 0) is 11.2 Å². The van der Waals surface area contributed by atoms with Crippen molar-refractivity contribution in [3.05, 3.63) is 35.4 Å². The molecule has 1 atom stereocenters. The SMILES string of the molecule is CC(Br)CCN(C)C(=O)Cc1cccc(F)c1F. The number of carbonyl (C=O) groups excluding carboxylic acids is 1. The Kier molecular flexibility index (Phi) is 5.72. The van der Waals surface area contributed by atoms with E-state index in [1.165, 1.54) is 17.0 Å². The van der Waals surface area contributed by atoms with E-state index in [1.807, 2.05) is 6.92 Å². The largest absolute Gasteiger partial charge is 0.345 e. The summed E-state index contributed by atoms with van der Waals surface area (Å²) in [6.07, 6.45) is 0.699. The monoisotopic (exact) mass is 319 g/mol. The topological polar surface area (TPSA) is 20.3 Å². The molecule has 0 aromatic heterocycles. The van der Waals surface area contributed by atoms with Crippen molar-refractivity contribution in [1.82, 2.24) is 4.90 Å². The van der Waals surface area contributed by atoms with Crippen molar-refractivity contribution < 1.29 is 13.6 Å². The Balaban J connectivity index is 2.61. The van der Waals surface area contributed by atoms with Crippen LogP contribution in [0.2, 0.25) is 0 Å². The normalized spacial score (nSPS) is 12.3. The highest BCUT2D eigenvalue weighted by atomic mass is 79.9. The highest BCUT2D eigenvalue weighted by molar-refractivity contribution is 9.09. The van der Waals surface area contributed by atoms with E-state index in [0.29, 0.717) is 11.4 Å². The molecule has 0 saturated heterocycles. The van der Waals surface area contributed by atoms with Gasteiger partial charge in [-0.2, -0.15) is 0 Å². The molecular weight excluding hydrogens is 304 g/mol. The summed E-state index contributed by atoms with van der Waals surface area (Å²) in [5.74, 6) is -2.07. The van der Waals surface area contributed by atoms with Crippen LogP contribution in [0.1, 0.15) is 18.9 Å². The Morgan fingerprint density at radius 2 is 2.11 bits per heavy atom. The lowest BCUT2D eigenvalue weighted by Crippen LogP contribution is -2.30. The second-order valence-electron chi connectivity index (χ2n) is 4.27. The van der Waals surface area contributed by atoms with E-state index in [2.05, 4.69) is 15.9 Å². The number of hydrogen-bond donors (Lipinski definition) is 0. The van der Waals surface area contributed by atoms with Crippen molar-refractivity contribution >= 4 is 21.8 Å². The molecule has 0 heterocycles. The number of hydrogen-bond acceptors (Lipinski definition) is 1. The predicted molar refractivity (Wildman–Crippen MR) is 70.7 cm³/mol. The molecule has 0 radical (unpaired) electrons. The average Bonchev–Trinajstić information content (AvgIpc) is 2.31. The van der Waals surface area contributed by atoms with Crippen LogP contribution >= 0.6 is 15.9 Å². The molecular formula is C13H16BrF2NO. The molecule has 0 aliphatic heterocycles. The van der Waals surface area contributed by atoms with Crippen molar-refractivity contribution in [1.29, 1.82) is 0 Å². The summed E-state index contributed by atoms with van der Waals surface area (Å²) < 4.78 is 26.4. The zero-order chi connectivity index (χ0) is 13.7. The summed E-state index contributed by atoms with van der Waals surface area (Å²) in [5, 5.41) is 0. The van der Waals surface area contributed by atoms with Gasteiger partial charge in [-0.05, 0) is 12.5 Å². The first-order valence-corrected chi connectivity index (χ1v) is 6.64. The fraction of sp³-hybridized carbons (Fsp3) is 0.462. The van der Waals surface area contributed by atoms with Gasteiger partial charge in [0.2, 0.25) is 5.91 Å². The van der Waals surface area contributed by atoms with Gasteiger partial charge in [0.25, 0.3) is 0 Å². The van der Waals surface area contributed by atoms with Crippen molar-refractivity contribution in [2.75, 3.05) is 13.6 Å². The molecule has 0 N–H and O–H groups in total. The fourth-order valence-electron chi connectivity index (χ4n) is 1.48. The molecule has 0 aliphatic carbocycles. The molecule has 5 heteroatoms. The number of carbonyl (C=O) groups is 1. The second kappa shape index (κ2) is 6.83. The van der Waals surface area contributed by atoms with Crippen LogP contribution in [0, 0.1) is 11.6 Å². The van der Waals surface area contributed by atoms with Gasteiger partial charge < -0.3 is 4.90 Å². The summed E-state index contributed by atoms with van der Waals surface area (Å²) in [6, 6.07) is 3.87. The van der Waals surface area contributed by atoms with Gasteiger partial charge in [0.1, 0.15) is 0 Å². The van der Waals surface area contributed by atoms with Gasteiger partial charge in [0.05, 0.1) is 6.42 Å². The quantitative estimate of drug-likeness (QED) is 0.763. The highest BCUT2D eigenvalue weighted by Gasteiger charge is 2.14. The summed E-state index contributed by atoms with van der Waals surface area (Å²) in [6.45, 7) is 2.58. The zero-order valence-corrected chi connectivity index (χ0v) is 12.0. The Morgan fingerprint density at radius 3 is 2.72 bits per heavy atom. The second-order valence-corrected chi connectivity index (χ2v) is 5.84. The van der Waals surface area contributed by atoms with Crippen molar-refractivity contribution in [3.8, 4) is 0 Å². The summed E-state index contributed by atoms with van der Waals surface area (Å²) in [7, 11) is 1.66. The van der Waals surface area contributed by atoms with Crippen LogP contribution in [0.4, 0.5) is 8.78 Å². The van der Waals surface area contributed by atoms with E-state index >= 15 is 0 Å². The van der Waals surface area contributed by atoms with Crippen molar-refractivity contribution in [2.24, 2.45) is 0 Å². The number of rotatable bonds is 5. The predicted octanol–water partition coefficient (Wildman–Crippen LogP) is 3.14. The first kappa shape index (κ1) is 15.1. The average molecular weight is 320 g/mol. The Hall–Kier alpha value is -0.970. The van der Waals surface area contributed by atoms with Gasteiger partial charge in [-0.15, -0.1) is 0 Å². The molecule has 0 fully saturated rings. The molecule has 2 nitrogen and oxygen atoms in total. The lowest BCUT2D eigenvalue weighted by molar-refractivity contribution is -0.129. The fourth-order valence-corrected chi connectivity index (χ4v) is 1.68. The van der Waals surface area contributed by atoms with E-state index in [-0.39, 0.29) is 17.9 Å². The van der Waals surface area contributed by atoms with Gasteiger partial charge in [0, 0.05) is 24.0 Å². The third-order valence-electron chi connectivity index (χ3n) is 2.66. The van der Waals surface area contributed by atoms with E-state index in [1.54, 1.807) is 7.05 Å². The molecule has 1 unspecified atom stereocenters. The first-order valence-electron chi connectivity index (χ1n) is 5.72. The number of halogens is 3. The first-order chi connectivity index (χ1) is 8.41. The number of benzene rings is 1. The van der Waals surface area contributed by atoms with Crippen LogP contribution in [0.5, 0.6) is 0 Å². The van der Waals surface area contributed by atoms with E-state index in [4.69, 9.17) is 0 Å². The molecule has 0 bridgehead atoms. The van der Waals surface area contributed by atoms with E-state index < -0.39 is 11.6 Å². The molecule has 1 aromatic carbocycles. The molecule has 1 rings (SSSR count). The van der Waals surface area contributed by atoms with Gasteiger partial charge >= 0.3 is 0 Å². The lowest BCUT2D eigenvalue weighted by Gasteiger charge is -2.18. The summed E-state index contributed by atoms with van der Waals surface area (Å²) in [4.78, 5) is 13.7. The smallest absolute Gasteiger partial charge is 0.226 e. The molecule has 0 saturated carbocycles. The Labute approximate surface area is 114 Å². The number of amides is 1. The minimum atomic E-state index is -0.937. The Bertz CT molecular complexity index is 423. The number of alkyl halides is 1. The molecule has 1 amide bonds. The van der Waals surface area contributed by atoms with Crippen LogP contribution in [0.3, 0.4) is 0 Å². The minimum Gasteiger partial charge on any atom is -0.345 e. The summed E-state index contributed by atoms with van der Waals surface area (Å²) >= 11 is 3.39. The van der Waals surface area contributed by atoms with Crippen molar-refractivity contribution in [2.45, 2.75) is 24.6 Å². The minimum absolute atomic E-state index is 0.0961. The maximum atomic E-state index is 13.4. The summed E-state index contributed by atoms with van der Waals surface area (Å²) in [5.41, 5.74) is 0.0961. The lowest BCUT2D eigenvalue weighted by atomic mass is 10.1. The van der Waals surface area contributed by atoms with E-state index in [9.17, 15) is 13.6 Å². The van der Waals surface area contributed by atoms with Crippen molar-refractivity contribution in [3.63, 3.8) is 0 Å². The van der Waals surface area contributed by atoms with E-state index in [0.717, 1.165) is 12.5 Å². The standard InChI is InChI=1S/C13H16BrF2NO/c1-9(14)6-7-17(2)12(18)8-10-4-3-5-11(15)13(10)16/h3-5,9H,6-8H2,1-2H3. The molecule has 0 spiro atoms. The third kappa shape index (κ3) is 4.37. The van der Waals surface area contributed by atoms with Crippen LogP contribution < -0.4 is 0 Å². The highest BCUT2D eigenvalue weighted by Crippen LogP contribution is 2.13. The Morgan fingerprint density at radius 1 is 1.44 bits per heavy atom. The molecule has 18 heavy (non-hydrogen) atoms. The maximum Gasteiger partial charge on any atom is 0.226 e. The zero-order valence-electron chi connectivity index (χ0n) is 10.4. The maximum absolute atomic E-state index is 13.4. The van der Waals surface area contributed by atoms with Gasteiger partial charge in [-0.3, -0.25) is 4.79 Å². The van der Waals surface area contributed by atoms with Gasteiger partial charge in [-0.25, -0.2) is 8.78 Å². The molecule has 0 aliphatic rings. The van der Waals surface area contributed by atoms with Crippen LogP contribution in [0.15, 0.2) is 18.2 Å². The van der Waals surface area contributed by atoms with Crippen LogP contribution in [0.25, 0.3) is 0 Å². The van der Waals surface area contributed by atoms with Gasteiger partial charge in [0.15, 0.2) is 11.6 Å². The van der Waals surface area contributed by atoms with Crippen LogP contribution in [-0.4, -0.2) is 29.2 Å².